The van der Waals surface area contributed by atoms with E-state index >= 15 is 0 Å². The van der Waals surface area contributed by atoms with E-state index < -0.39 is 17.7 Å². The van der Waals surface area contributed by atoms with Gasteiger partial charge in [-0.25, -0.2) is 0 Å². The number of aliphatic hydroxyl groups is 1. The second kappa shape index (κ2) is 10.3. The zero-order chi connectivity index (χ0) is 23.3. The summed E-state index contributed by atoms with van der Waals surface area (Å²) in [4.78, 5) is 27.5. The molecule has 32 heavy (non-hydrogen) atoms. The first kappa shape index (κ1) is 23.3. The summed E-state index contributed by atoms with van der Waals surface area (Å²) in [5.41, 5.74) is 1.12. The number of hydrogen-bond acceptors (Lipinski definition) is 6. The summed E-state index contributed by atoms with van der Waals surface area (Å²) in [5, 5.41) is 11.1. The van der Waals surface area contributed by atoms with Crippen LogP contribution in [0.3, 0.4) is 0 Å². The normalized spacial score (nSPS) is 17.8. The molecule has 0 saturated carbocycles. The quantitative estimate of drug-likeness (QED) is 0.276. The number of nitrogens with zero attached hydrogens (tertiary/aromatic N) is 1. The Hall–Kier alpha value is -3.32. The van der Waals surface area contributed by atoms with Gasteiger partial charge >= 0.3 is 0 Å². The Kier molecular flexibility index (Phi) is 7.53. The molecule has 1 saturated heterocycles. The van der Waals surface area contributed by atoms with E-state index in [-0.39, 0.29) is 17.4 Å². The Morgan fingerprint density at radius 2 is 1.69 bits per heavy atom. The van der Waals surface area contributed by atoms with Crippen LogP contribution in [0.2, 0.25) is 0 Å². The second-order valence-electron chi connectivity index (χ2n) is 7.77. The molecule has 0 spiro atoms. The van der Waals surface area contributed by atoms with Gasteiger partial charge in [0, 0.05) is 18.7 Å². The van der Waals surface area contributed by atoms with Crippen LogP contribution in [0.1, 0.15) is 37.4 Å². The van der Waals surface area contributed by atoms with Gasteiger partial charge in [0.2, 0.25) is 0 Å². The number of ketones is 1. The van der Waals surface area contributed by atoms with Gasteiger partial charge in [-0.3, -0.25) is 9.59 Å². The number of carbonyl (C=O) groups excluding carboxylic acids is 2. The predicted octanol–water partition coefficient (Wildman–Crippen LogP) is 3.94. The Morgan fingerprint density at radius 1 is 1.03 bits per heavy atom. The minimum absolute atomic E-state index is 0.0429. The molecule has 0 radical (unpaired) electrons. The molecule has 1 N–H and O–H groups in total. The number of amides is 1. The number of hydrogen-bond donors (Lipinski definition) is 1. The summed E-state index contributed by atoms with van der Waals surface area (Å²) >= 11 is 0. The first-order valence-corrected chi connectivity index (χ1v) is 10.6. The number of aliphatic hydroxyl groups excluding tert-OH is 1. The van der Waals surface area contributed by atoms with Crippen molar-refractivity contribution in [3.05, 3.63) is 65.2 Å². The van der Waals surface area contributed by atoms with E-state index in [0.717, 1.165) is 0 Å². The summed E-state index contributed by atoms with van der Waals surface area (Å²) in [6.45, 7) is 4.66. The molecule has 7 nitrogen and oxygen atoms in total. The van der Waals surface area contributed by atoms with Crippen molar-refractivity contribution in [2.75, 3.05) is 27.4 Å². The Balaban J connectivity index is 2.06. The number of ether oxygens (including phenoxy) is 3. The molecule has 1 heterocycles. The molecule has 0 bridgehead atoms. The van der Waals surface area contributed by atoms with Crippen LogP contribution >= 0.6 is 0 Å². The van der Waals surface area contributed by atoms with Crippen LogP contribution in [0.4, 0.5) is 0 Å². The Bertz CT molecular complexity index is 1010. The highest BCUT2D eigenvalue weighted by atomic mass is 16.5. The van der Waals surface area contributed by atoms with E-state index in [2.05, 4.69) is 0 Å². The third-order valence-electron chi connectivity index (χ3n) is 5.29. The molecule has 1 aliphatic rings. The molecule has 1 amide bonds. The molecule has 7 heteroatoms. The number of methoxy groups -OCH3 is 2. The highest BCUT2D eigenvalue weighted by Crippen LogP contribution is 2.40. The highest BCUT2D eigenvalue weighted by molar-refractivity contribution is 6.46. The third-order valence-corrected chi connectivity index (χ3v) is 5.29. The van der Waals surface area contributed by atoms with Gasteiger partial charge in [-0.05, 0) is 50.1 Å². The van der Waals surface area contributed by atoms with Crippen LogP contribution in [0.15, 0.2) is 54.1 Å². The zero-order valence-electron chi connectivity index (χ0n) is 18.8. The van der Waals surface area contributed by atoms with E-state index in [1.807, 2.05) is 19.9 Å². The number of carbonyl (C=O) groups is 2. The fourth-order valence-corrected chi connectivity index (χ4v) is 3.75. The second-order valence-corrected chi connectivity index (χ2v) is 7.77. The van der Waals surface area contributed by atoms with E-state index in [0.29, 0.717) is 42.2 Å². The van der Waals surface area contributed by atoms with Gasteiger partial charge in [-0.15, -0.1) is 0 Å². The van der Waals surface area contributed by atoms with E-state index in [9.17, 15) is 14.7 Å². The first-order valence-electron chi connectivity index (χ1n) is 10.6. The lowest BCUT2D eigenvalue weighted by Gasteiger charge is -2.25. The summed E-state index contributed by atoms with van der Waals surface area (Å²) in [6.07, 6.45) is 0.637. The summed E-state index contributed by atoms with van der Waals surface area (Å²) in [5.74, 6) is -0.476. The first-order chi connectivity index (χ1) is 15.4. The smallest absolute Gasteiger partial charge is 0.295 e. The SMILES string of the molecule is COc1cccc(C(O)=C2C(=O)C(=O)N(CCCOC(C)C)[C@@H]2c2cccc(OC)c2)c1. The lowest BCUT2D eigenvalue weighted by molar-refractivity contribution is -0.140. The average Bonchev–Trinajstić information content (AvgIpc) is 3.06. The monoisotopic (exact) mass is 439 g/mol. The number of rotatable bonds is 9. The third kappa shape index (κ3) is 4.94. The standard InChI is InChI=1S/C25H29NO6/c1-16(2)32-13-7-12-26-22(17-8-5-10-19(14-17)30-3)21(24(28)25(26)29)23(27)18-9-6-11-20(15-18)31-4/h5-6,8-11,14-16,22,27H,7,12-13H2,1-4H3/t22-/m1/s1. The Morgan fingerprint density at radius 3 is 2.34 bits per heavy atom. The van der Waals surface area contributed by atoms with Crippen LogP contribution < -0.4 is 9.47 Å². The van der Waals surface area contributed by atoms with Crippen molar-refractivity contribution in [1.82, 2.24) is 4.90 Å². The van der Waals surface area contributed by atoms with Crippen LogP contribution in [-0.2, 0) is 14.3 Å². The molecule has 2 aromatic carbocycles. The van der Waals surface area contributed by atoms with E-state index in [1.165, 1.54) is 12.0 Å². The molecule has 1 atom stereocenters. The molecule has 3 rings (SSSR count). The fourth-order valence-electron chi connectivity index (χ4n) is 3.75. The maximum atomic E-state index is 13.1. The molecule has 1 aliphatic heterocycles. The minimum Gasteiger partial charge on any atom is -0.507 e. The van der Waals surface area contributed by atoms with Crippen molar-refractivity contribution < 1.29 is 28.9 Å². The molecule has 0 unspecified atom stereocenters. The van der Waals surface area contributed by atoms with Crippen LogP contribution in [0, 0.1) is 0 Å². The fraction of sp³-hybridized carbons (Fsp3) is 0.360. The van der Waals surface area contributed by atoms with Crippen LogP contribution in [0.5, 0.6) is 11.5 Å². The van der Waals surface area contributed by atoms with Gasteiger partial charge in [0.15, 0.2) is 0 Å². The van der Waals surface area contributed by atoms with Crippen LogP contribution in [-0.4, -0.2) is 55.2 Å². The van der Waals surface area contributed by atoms with Crippen molar-refractivity contribution in [1.29, 1.82) is 0 Å². The topological polar surface area (TPSA) is 85.3 Å². The number of likely N-dealkylation sites (tertiary alicyclic amines) is 1. The van der Waals surface area contributed by atoms with E-state index in [1.54, 1.807) is 49.6 Å². The Labute approximate surface area is 188 Å². The van der Waals surface area contributed by atoms with Crippen molar-refractivity contribution in [2.45, 2.75) is 32.4 Å². The highest BCUT2D eigenvalue weighted by Gasteiger charge is 2.45. The van der Waals surface area contributed by atoms with Gasteiger partial charge in [0.05, 0.1) is 31.9 Å². The van der Waals surface area contributed by atoms with Gasteiger partial charge < -0.3 is 24.2 Å². The zero-order valence-corrected chi connectivity index (χ0v) is 18.8. The molecule has 170 valence electrons. The summed E-state index contributed by atoms with van der Waals surface area (Å²) < 4.78 is 16.2. The maximum Gasteiger partial charge on any atom is 0.295 e. The molecule has 0 aliphatic carbocycles. The minimum atomic E-state index is -0.740. The lowest BCUT2D eigenvalue weighted by atomic mass is 9.95. The lowest BCUT2D eigenvalue weighted by Crippen LogP contribution is -2.31. The molecular formula is C25H29NO6. The number of benzene rings is 2. The van der Waals surface area contributed by atoms with Gasteiger partial charge in [0.1, 0.15) is 17.3 Å². The summed E-state index contributed by atoms with van der Waals surface area (Å²) in [6, 6.07) is 13.2. The molecule has 0 aromatic heterocycles. The van der Waals surface area contributed by atoms with Gasteiger partial charge in [-0.2, -0.15) is 0 Å². The van der Waals surface area contributed by atoms with Crippen LogP contribution in [0.25, 0.3) is 5.76 Å². The largest absolute Gasteiger partial charge is 0.507 e. The molecular weight excluding hydrogens is 410 g/mol. The molecule has 1 fully saturated rings. The maximum absolute atomic E-state index is 13.1. The van der Waals surface area contributed by atoms with Crippen molar-refractivity contribution in [3.63, 3.8) is 0 Å². The van der Waals surface area contributed by atoms with Crippen molar-refractivity contribution in [3.8, 4) is 11.5 Å². The van der Waals surface area contributed by atoms with Crippen molar-refractivity contribution in [2.24, 2.45) is 0 Å². The predicted molar refractivity (Wildman–Crippen MR) is 121 cm³/mol. The number of Topliss-reactive ketones (excluding diaryl/α,β-unsaturated/α-hetero) is 1. The van der Waals surface area contributed by atoms with E-state index in [4.69, 9.17) is 14.2 Å². The van der Waals surface area contributed by atoms with Gasteiger partial charge in [0.25, 0.3) is 11.7 Å². The van der Waals surface area contributed by atoms with Crippen molar-refractivity contribution >= 4 is 17.4 Å². The van der Waals surface area contributed by atoms with Gasteiger partial charge in [-0.1, -0.05) is 24.3 Å². The summed E-state index contributed by atoms with van der Waals surface area (Å²) in [7, 11) is 3.07. The molecule has 2 aromatic rings. The average molecular weight is 440 g/mol.